The number of thioether (sulfide) groups is 1. The standard InChI is InChI=1S/C17H18FN3O4S2/c1-2-8-21-16(12-3-5-13(18)6-4-12)19-20-17(21)26-10-15(22)25-14-7-9-27(23,24)11-14/h2-6,14H,1,7-11H2/t14-/m0/s1. The molecule has 1 aliphatic rings. The molecule has 0 saturated carbocycles. The molecule has 1 fully saturated rings. The van der Waals surface area contributed by atoms with Gasteiger partial charge >= 0.3 is 5.97 Å². The van der Waals surface area contributed by atoms with Crippen LogP contribution in [0.2, 0.25) is 0 Å². The molecule has 7 nitrogen and oxygen atoms in total. The molecule has 0 spiro atoms. The van der Waals surface area contributed by atoms with Gasteiger partial charge in [-0.2, -0.15) is 0 Å². The van der Waals surface area contributed by atoms with Gasteiger partial charge in [0, 0.05) is 12.1 Å². The summed E-state index contributed by atoms with van der Waals surface area (Å²) in [4.78, 5) is 12.0. The number of rotatable bonds is 7. The van der Waals surface area contributed by atoms with Gasteiger partial charge in [-0.1, -0.05) is 17.8 Å². The van der Waals surface area contributed by atoms with Crippen molar-refractivity contribution in [2.45, 2.75) is 24.2 Å². The smallest absolute Gasteiger partial charge is 0.316 e. The molecule has 0 radical (unpaired) electrons. The summed E-state index contributed by atoms with van der Waals surface area (Å²) in [6.07, 6.45) is 1.42. The second-order valence-electron chi connectivity index (χ2n) is 6.02. The van der Waals surface area contributed by atoms with Gasteiger partial charge in [-0.05, 0) is 30.7 Å². The van der Waals surface area contributed by atoms with Gasteiger partial charge in [-0.15, -0.1) is 16.8 Å². The summed E-state index contributed by atoms with van der Waals surface area (Å²) in [6.45, 7) is 4.12. The van der Waals surface area contributed by atoms with Crippen molar-refractivity contribution < 1.29 is 22.3 Å². The average Bonchev–Trinajstić information content (AvgIpc) is 3.17. The van der Waals surface area contributed by atoms with Gasteiger partial charge in [-0.25, -0.2) is 12.8 Å². The molecule has 27 heavy (non-hydrogen) atoms. The van der Waals surface area contributed by atoms with E-state index >= 15 is 0 Å². The number of aromatic nitrogens is 3. The summed E-state index contributed by atoms with van der Waals surface area (Å²) in [5.74, 6) is -0.404. The van der Waals surface area contributed by atoms with E-state index in [1.54, 1.807) is 22.8 Å². The summed E-state index contributed by atoms with van der Waals surface area (Å²) >= 11 is 1.14. The third-order valence-electron chi connectivity index (χ3n) is 3.94. The molecule has 2 aromatic rings. The number of carbonyl (C=O) groups is 1. The number of nitrogens with zero attached hydrogens (tertiary/aromatic N) is 3. The molecule has 0 unspecified atom stereocenters. The lowest BCUT2D eigenvalue weighted by Gasteiger charge is -2.10. The molecule has 1 aromatic carbocycles. The van der Waals surface area contributed by atoms with E-state index in [1.807, 2.05) is 0 Å². The van der Waals surface area contributed by atoms with Gasteiger partial charge in [-0.3, -0.25) is 9.36 Å². The lowest BCUT2D eigenvalue weighted by Crippen LogP contribution is -2.20. The number of halogens is 1. The Morgan fingerprint density at radius 1 is 1.37 bits per heavy atom. The highest BCUT2D eigenvalue weighted by atomic mass is 32.2. The minimum Gasteiger partial charge on any atom is -0.461 e. The Hall–Kier alpha value is -2.20. The minimum atomic E-state index is -3.10. The van der Waals surface area contributed by atoms with Crippen molar-refractivity contribution in [3.8, 4) is 11.4 Å². The maximum Gasteiger partial charge on any atom is 0.316 e. The predicted octanol–water partition coefficient (Wildman–Crippen LogP) is 2.09. The summed E-state index contributed by atoms with van der Waals surface area (Å²) in [7, 11) is -3.10. The van der Waals surface area contributed by atoms with E-state index in [4.69, 9.17) is 4.74 Å². The lowest BCUT2D eigenvalue weighted by atomic mass is 10.2. The van der Waals surface area contributed by atoms with Gasteiger partial charge < -0.3 is 4.74 Å². The third kappa shape index (κ3) is 4.95. The summed E-state index contributed by atoms with van der Waals surface area (Å²) < 4.78 is 43.0. The van der Waals surface area contributed by atoms with Crippen LogP contribution in [-0.4, -0.2) is 52.5 Å². The topological polar surface area (TPSA) is 91.2 Å². The van der Waals surface area contributed by atoms with Crippen molar-refractivity contribution in [2.75, 3.05) is 17.3 Å². The lowest BCUT2D eigenvalue weighted by molar-refractivity contribution is -0.144. The Morgan fingerprint density at radius 3 is 2.74 bits per heavy atom. The monoisotopic (exact) mass is 411 g/mol. The molecule has 0 amide bonds. The first kappa shape index (κ1) is 19.6. The Kier molecular flexibility index (Phi) is 5.95. The predicted molar refractivity (Wildman–Crippen MR) is 99.5 cm³/mol. The van der Waals surface area contributed by atoms with Gasteiger partial charge in [0.2, 0.25) is 0 Å². The van der Waals surface area contributed by atoms with Crippen molar-refractivity contribution in [3.05, 3.63) is 42.7 Å². The van der Waals surface area contributed by atoms with E-state index in [1.165, 1.54) is 12.1 Å². The largest absolute Gasteiger partial charge is 0.461 e. The van der Waals surface area contributed by atoms with Crippen molar-refractivity contribution in [2.24, 2.45) is 0 Å². The Morgan fingerprint density at radius 2 is 2.11 bits per heavy atom. The average molecular weight is 411 g/mol. The maximum absolute atomic E-state index is 13.1. The zero-order valence-corrected chi connectivity index (χ0v) is 16.0. The van der Waals surface area contributed by atoms with Crippen molar-refractivity contribution in [3.63, 3.8) is 0 Å². The minimum absolute atomic E-state index is 0.0186. The fourth-order valence-corrected chi connectivity index (χ4v) is 5.02. The van der Waals surface area contributed by atoms with Crippen LogP contribution in [0.25, 0.3) is 11.4 Å². The first-order chi connectivity index (χ1) is 12.9. The van der Waals surface area contributed by atoms with Crippen LogP contribution in [-0.2, 0) is 25.9 Å². The van der Waals surface area contributed by atoms with E-state index in [-0.39, 0.29) is 23.1 Å². The number of hydrogen-bond donors (Lipinski definition) is 0. The number of esters is 1. The highest BCUT2D eigenvalue weighted by Crippen LogP contribution is 2.25. The molecular formula is C17H18FN3O4S2. The Bertz CT molecular complexity index is 942. The zero-order valence-electron chi connectivity index (χ0n) is 14.4. The van der Waals surface area contributed by atoms with Gasteiger partial charge in [0.15, 0.2) is 20.8 Å². The van der Waals surface area contributed by atoms with Gasteiger partial charge in [0.1, 0.15) is 11.9 Å². The molecule has 1 saturated heterocycles. The number of sulfone groups is 1. The molecule has 1 aliphatic heterocycles. The van der Waals surface area contributed by atoms with Crippen LogP contribution in [0, 0.1) is 5.82 Å². The van der Waals surface area contributed by atoms with Crippen LogP contribution in [0.4, 0.5) is 4.39 Å². The summed E-state index contributed by atoms with van der Waals surface area (Å²) in [5.41, 5.74) is 0.691. The maximum atomic E-state index is 13.1. The second-order valence-corrected chi connectivity index (χ2v) is 9.19. The summed E-state index contributed by atoms with van der Waals surface area (Å²) in [6, 6.07) is 5.87. The highest BCUT2D eigenvalue weighted by molar-refractivity contribution is 7.99. The van der Waals surface area contributed by atoms with E-state index in [0.717, 1.165) is 11.8 Å². The fourth-order valence-electron chi connectivity index (χ4n) is 2.70. The molecule has 3 rings (SSSR count). The van der Waals surface area contributed by atoms with Gasteiger partial charge in [0.25, 0.3) is 0 Å². The summed E-state index contributed by atoms with van der Waals surface area (Å²) in [5, 5.41) is 8.71. The molecule has 144 valence electrons. The molecule has 0 N–H and O–H groups in total. The van der Waals surface area contributed by atoms with E-state index in [9.17, 15) is 17.6 Å². The van der Waals surface area contributed by atoms with Crippen LogP contribution in [0.3, 0.4) is 0 Å². The Labute approximate surface area is 160 Å². The van der Waals surface area contributed by atoms with Crippen molar-refractivity contribution in [1.29, 1.82) is 0 Å². The Balaban J connectivity index is 1.67. The molecule has 1 atom stereocenters. The first-order valence-corrected chi connectivity index (χ1v) is 11.0. The number of hydrogen-bond acceptors (Lipinski definition) is 7. The zero-order chi connectivity index (χ0) is 19.4. The quantitative estimate of drug-likeness (QED) is 0.391. The van der Waals surface area contributed by atoms with Crippen LogP contribution in [0.1, 0.15) is 6.42 Å². The van der Waals surface area contributed by atoms with Gasteiger partial charge in [0.05, 0.1) is 17.3 Å². The number of allylic oxidation sites excluding steroid dienone is 1. The van der Waals surface area contributed by atoms with Crippen molar-refractivity contribution >= 4 is 27.6 Å². The third-order valence-corrected chi connectivity index (χ3v) is 6.62. The first-order valence-electron chi connectivity index (χ1n) is 8.20. The molecule has 2 heterocycles. The van der Waals surface area contributed by atoms with Crippen LogP contribution in [0.5, 0.6) is 0 Å². The second kappa shape index (κ2) is 8.22. The molecule has 0 bridgehead atoms. The fraction of sp³-hybridized carbons (Fsp3) is 0.353. The SMILES string of the molecule is C=CCn1c(SCC(=O)O[C@H]2CCS(=O)(=O)C2)nnc1-c1ccc(F)cc1. The molecule has 0 aliphatic carbocycles. The number of benzene rings is 1. The van der Waals surface area contributed by atoms with E-state index < -0.39 is 21.9 Å². The van der Waals surface area contributed by atoms with E-state index in [0.29, 0.717) is 29.5 Å². The van der Waals surface area contributed by atoms with Crippen LogP contribution in [0.15, 0.2) is 42.1 Å². The number of ether oxygens (including phenoxy) is 1. The highest BCUT2D eigenvalue weighted by Gasteiger charge is 2.30. The molecule has 10 heteroatoms. The van der Waals surface area contributed by atoms with Crippen LogP contribution >= 0.6 is 11.8 Å². The molecular weight excluding hydrogens is 393 g/mol. The van der Waals surface area contributed by atoms with Crippen LogP contribution < -0.4 is 0 Å². The van der Waals surface area contributed by atoms with Crippen molar-refractivity contribution in [1.82, 2.24) is 14.8 Å². The van der Waals surface area contributed by atoms with E-state index in [2.05, 4.69) is 16.8 Å². The molecule has 1 aromatic heterocycles. The number of carbonyl (C=O) groups excluding carboxylic acids is 1. The normalized spacial score (nSPS) is 18.3.